The second-order valence-electron chi connectivity index (χ2n) is 9.04. The SMILES string of the molecule is CC(=O)N[C@H]1CCC2[C@H]3Cc4c(C)cc(OC(C)=O)c5c4[C@@]2(CCN3C)[C@H]1O5. The first-order valence-corrected chi connectivity index (χ1v) is 10.3. The van der Waals surface area contributed by atoms with E-state index in [9.17, 15) is 9.59 Å². The summed E-state index contributed by atoms with van der Waals surface area (Å²) in [6.45, 7) is 6.13. The van der Waals surface area contributed by atoms with Gasteiger partial charge in [0.1, 0.15) is 6.10 Å². The van der Waals surface area contributed by atoms with Gasteiger partial charge in [-0.05, 0) is 69.3 Å². The molecule has 28 heavy (non-hydrogen) atoms. The quantitative estimate of drug-likeness (QED) is 0.625. The molecule has 2 fully saturated rings. The van der Waals surface area contributed by atoms with E-state index >= 15 is 0 Å². The number of hydrogen-bond donors (Lipinski definition) is 1. The number of benzene rings is 1. The first kappa shape index (κ1) is 18.0. The fourth-order valence-corrected chi connectivity index (χ4v) is 6.63. The Hall–Kier alpha value is -2.08. The van der Waals surface area contributed by atoms with Gasteiger partial charge in [0, 0.05) is 30.9 Å². The smallest absolute Gasteiger partial charge is 0.308 e. The first-order valence-electron chi connectivity index (χ1n) is 10.3. The highest BCUT2D eigenvalue weighted by Gasteiger charge is 2.65. The van der Waals surface area contributed by atoms with E-state index in [1.165, 1.54) is 23.6 Å². The highest BCUT2D eigenvalue weighted by atomic mass is 16.6. The van der Waals surface area contributed by atoms with Crippen LogP contribution in [0.3, 0.4) is 0 Å². The summed E-state index contributed by atoms with van der Waals surface area (Å²) in [6.07, 6.45) is 3.92. The number of carbonyl (C=O) groups is 2. The normalized spacial score (nSPS) is 35.0. The first-order chi connectivity index (χ1) is 13.3. The van der Waals surface area contributed by atoms with Crippen LogP contribution < -0.4 is 14.8 Å². The molecule has 2 heterocycles. The number of esters is 1. The van der Waals surface area contributed by atoms with Gasteiger partial charge in [-0.1, -0.05) is 0 Å². The molecule has 1 unspecified atom stereocenters. The Labute approximate surface area is 165 Å². The summed E-state index contributed by atoms with van der Waals surface area (Å²) in [6, 6.07) is 2.43. The van der Waals surface area contributed by atoms with Crippen molar-refractivity contribution in [3.8, 4) is 11.5 Å². The van der Waals surface area contributed by atoms with E-state index in [-0.39, 0.29) is 29.4 Å². The summed E-state index contributed by atoms with van der Waals surface area (Å²) in [5.41, 5.74) is 3.67. The van der Waals surface area contributed by atoms with Crippen LogP contribution >= 0.6 is 0 Å². The van der Waals surface area contributed by atoms with E-state index in [1.807, 2.05) is 6.07 Å². The molecule has 0 radical (unpaired) electrons. The van der Waals surface area contributed by atoms with E-state index in [0.29, 0.717) is 17.7 Å². The molecule has 1 N–H and O–H groups in total. The molecule has 1 saturated carbocycles. The Morgan fingerprint density at radius 2 is 2.11 bits per heavy atom. The number of nitrogens with zero attached hydrogens (tertiary/aromatic N) is 1. The molecule has 1 saturated heterocycles. The molecule has 1 amide bonds. The lowest BCUT2D eigenvalue weighted by molar-refractivity contribution is -0.132. The van der Waals surface area contributed by atoms with Gasteiger partial charge in [-0.2, -0.15) is 0 Å². The third kappa shape index (κ3) is 2.24. The molecule has 150 valence electrons. The monoisotopic (exact) mass is 384 g/mol. The van der Waals surface area contributed by atoms with E-state index < -0.39 is 0 Å². The summed E-state index contributed by atoms with van der Waals surface area (Å²) < 4.78 is 12.2. The molecule has 5 atom stereocenters. The molecule has 1 spiro atoms. The van der Waals surface area contributed by atoms with Crippen molar-refractivity contribution in [3.05, 3.63) is 22.8 Å². The van der Waals surface area contributed by atoms with Gasteiger partial charge in [0.05, 0.1) is 6.04 Å². The van der Waals surface area contributed by atoms with E-state index in [2.05, 4.69) is 24.2 Å². The number of amides is 1. The number of likely N-dealkylation sites (tertiary alicyclic amines) is 1. The highest BCUT2D eigenvalue weighted by Crippen LogP contribution is 2.64. The van der Waals surface area contributed by atoms with Crippen molar-refractivity contribution in [2.24, 2.45) is 5.92 Å². The van der Waals surface area contributed by atoms with E-state index in [4.69, 9.17) is 9.47 Å². The van der Waals surface area contributed by atoms with Crippen LogP contribution in [0.1, 0.15) is 49.8 Å². The lowest BCUT2D eigenvalue weighted by atomic mass is 9.51. The lowest BCUT2D eigenvalue weighted by Gasteiger charge is -2.59. The van der Waals surface area contributed by atoms with Crippen molar-refractivity contribution in [3.63, 3.8) is 0 Å². The number of carbonyl (C=O) groups excluding carboxylic acids is 2. The van der Waals surface area contributed by atoms with Crippen LogP contribution in [0.4, 0.5) is 0 Å². The summed E-state index contributed by atoms with van der Waals surface area (Å²) in [5, 5.41) is 3.15. The Morgan fingerprint density at radius 3 is 2.82 bits per heavy atom. The molecule has 0 aromatic heterocycles. The minimum atomic E-state index is -0.335. The standard InChI is InChI=1S/C22H28N2O4/c1-11-9-18(27-13(3)26)20-19-14(11)10-17-15-5-6-16(23-12(2)25)21(28-20)22(15,19)7-8-24(17)4/h9,15-17,21H,5-8,10H2,1-4H3,(H,23,25)/t15?,16-,17+,21-,22-/m0/s1. The molecule has 6 heteroatoms. The maximum absolute atomic E-state index is 11.9. The minimum Gasteiger partial charge on any atom is -0.483 e. The van der Waals surface area contributed by atoms with Crippen molar-refractivity contribution < 1.29 is 19.1 Å². The van der Waals surface area contributed by atoms with Crippen LogP contribution in [0.15, 0.2) is 6.07 Å². The van der Waals surface area contributed by atoms with E-state index in [0.717, 1.165) is 38.0 Å². The molecule has 6 nitrogen and oxygen atoms in total. The van der Waals surface area contributed by atoms with Crippen molar-refractivity contribution in [2.45, 2.75) is 70.1 Å². The van der Waals surface area contributed by atoms with Crippen molar-refractivity contribution in [1.29, 1.82) is 0 Å². The fraction of sp³-hybridized carbons (Fsp3) is 0.636. The number of likely N-dealkylation sites (N-methyl/N-ethyl adjacent to an activating group) is 1. The number of rotatable bonds is 2. The zero-order chi connectivity index (χ0) is 19.8. The molecular weight excluding hydrogens is 356 g/mol. The maximum Gasteiger partial charge on any atom is 0.308 e. The second kappa shape index (κ2) is 5.96. The summed E-state index contributed by atoms with van der Waals surface area (Å²) in [4.78, 5) is 26.1. The molecule has 2 aliphatic heterocycles. The number of hydrogen-bond acceptors (Lipinski definition) is 5. The number of aryl methyl sites for hydroxylation is 1. The van der Waals surface area contributed by atoms with Gasteiger partial charge in [-0.15, -0.1) is 0 Å². The predicted octanol–water partition coefficient (Wildman–Crippen LogP) is 2.09. The van der Waals surface area contributed by atoms with Crippen molar-refractivity contribution in [2.75, 3.05) is 13.6 Å². The van der Waals surface area contributed by atoms with Crippen molar-refractivity contribution in [1.82, 2.24) is 10.2 Å². The van der Waals surface area contributed by atoms with Gasteiger partial charge in [-0.25, -0.2) is 0 Å². The lowest BCUT2D eigenvalue weighted by Crippen LogP contribution is -2.68. The average Bonchev–Trinajstić information content (AvgIpc) is 2.96. The van der Waals surface area contributed by atoms with Gasteiger partial charge < -0.3 is 19.7 Å². The largest absolute Gasteiger partial charge is 0.483 e. The molecule has 1 aromatic carbocycles. The van der Waals surface area contributed by atoms with Crippen LogP contribution in [0.5, 0.6) is 11.5 Å². The van der Waals surface area contributed by atoms with Crippen LogP contribution in [0, 0.1) is 12.8 Å². The van der Waals surface area contributed by atoms with Gasteiger partial charge >= 0.3 is 5.97 Å². The topological polar surface area (TPSA) is 67.9 Å². The van der Waals surface area contributed by atoms with Gasteiger partial charge in [-0.3, -0.25) is 9.59 Å². The third-order valence-corrected chi connectivity index (χ3v) is 7.57. The maximum atomic E-state index is 11.9. The van der Waals surface area contributed by atoms with Gasteiger partial charge in [0.15, 0.2) is 11.5 Å². The predicted molar refractivity (Wildman–Crippen MR) is 104 cm³/mol. The Kier molecular flexibility index (Phi) is 3.83. The Bertz CT molecular complexity index is 882. The highest BCUT2D eigenvalue weighted by molar-refractivity contribution is 5.75. The summed E-state index contributed by atoms with van der Waals surface area (Å²) in [5.74, 6) is 1.42. The van der Waals surface area contributed by atoms with Crippen LogP contribution in [0.2, 0.25) is 0 Å². The zero-order valence-electron chi connectivity index (χ0n) is 17.0. The minimum absolute atomic E-state index is 0.0124. The Balaban J connectivity index is 1.73. The van der Waals surface area contributed by atoms with Crippen LogP contribution in [0.25, 0.3) is 0 Å². The second-order valence-corrected chi connectivity index (χ2v) is 9.04. The number of ether oxygens (including phenoxy) is 2. The number of nitrogens with one attached hydrogen (secondary N) is 1. The summed E-state index contributed by atoms with van der Waals surface area (Å²) >= 11 is 0. The average molecular weight is 384 g/mol. The van der Waals surface area contributed by atoms with Gasteiger partial charge in [0.25, 0.3) is 0 Å². The fourth-order valence-electron chi connectivity index (χ4n) is 6.63. The zero-order valence-corrected chi connectivity index (χ0v) is 17.0. The van der Waals surface area contributed by atoms with Gasteiger partial charge in [0.2, 0.25) is 5.91 Å². The number of piperidine rings is 1. The molecule has 5 rings (SSSR count). The summed E-state index contributed by atoms with van der Waals surface area (Å²) in [7, 11) is 2.23. The van der Waals surface area contributed by atoms with Crippen molar-refractivity contribution >= 4 is 11.9 Å². The molecule has 4 aliphatic rings. The Morgan fingerprint density at radius 1 is 1.32 bits per heavy atom. The van der Waals surface area contributed by atoms with Crippen LogP contribution in [-0.4, -0.2) is 48.6 Å². The third-order valence-electron chi connectivity index (χ3n) is 7.57. The van der Waals surface area contributed by atoms with Crippen LogP contribution in [-0.2, 0) is 21.4 Å². The van der Waals surface area contributed by atoms with E-state index in [1.54, 1.807) is 6.92 Å². The molecule has 1 aromatic rings. The molecule has 2 aliphatic carbocycles. The molecule has 2 bridgehead atoms. The molecular formula is C22H28N2O4.